The Balaban J connectivity index is 1.98. The molecule has 0 fully saturated rings. The lowest BCUT2D eigenvalue weighted by Gasteiger charge is -2.06. The first-order valence-corrected chi connectivity index (χ1v) is 6.22. The van der Waals surface area contributed by atoms with E-state index in [1.165, 1.54) is 16.8 Å². The quantitative estimate of drug-likeness (QED) is 0.770. The predicted octanol–water partition coefficient (Wildman–Crippen LogP) is 2.49. The van der Waals surface area contributed by atoms with Gasteiger partial charge in [0.2, 0.25) is 0 Å². The second-order valence-corrected chi connectivity index (χ2v) is 4.38. The minimum atomic E-state index is 0.771. The van der Waals surface area contributed by atoms with Crippen molar-refractivity contribution in [2.75, 3.05) is 23.9 Å². The van der Waals surface area contributed by atoms with Gasteiger partial charge in [-0.3, -0.25) is 0 Å². The topological polar surface area (TPSA) is 21.3 Å². The SMILES string of the molecule is CSCCNc1ccc2c(c1)COC2. The summed E-state index contributed by atoms with van der Waals surface area (Å²) in [6.45, 7) is 2.58. The molecule has 1 aliphatic rings. The molecule has 0 radical (unpaired) electrons. The lowest BCUT2D eigenvalue weighted by atomic mass is 10.1. The standard InChI is InChI=1S/C11H15NOS/c1-14-5-4-12-11-3-2-9-7-13-8-10(9)6-11/h2-3,6,12H,4-5,7-8H2,1H3. The van der Waals surface area contributed by atoms with Gasteiger partial charge >= 0.3 is 0 Å². The number of nitrogens with one attached hydrogen (secondary N) is 1. The molecule has 2 nitrogen and oxygen atoms in total. The van der Waals surface area contributed by atoms with Crippen molar-refractivity contribution in [1.82, 2.24) is 0 Å². The van der Waals surface area contributed by atoms with Gasteiger partial charge in [0.1, 0.15) is 0 Å². The van der Waals surface area contributed by atoms with E-state index < -0.39 is 0 Å². The Morgan fingerprint density at radius 3 is 3.07 bits per heavy atom. The van der Waals surface area contributed by atoms with Crippen molar-refractivity contribution in [3.8, 4) is 0 Å². The molecule has 1 aromatic rings. The summed E-state index contributed by atoms with van der Waals surface area (Å²) in [7, 11) is 0. The van der Waals surface area contributed by atoms with E-state index in [0.29, 0.717) is 0 Å². The Morgan fingerprint density at radius 2 is 2.21 bits per heavy atom. The van der Waals surface area contributed by atoms with Crippen LogP contribution in [0.3, 0.4) is 0 Å². The lowest BCUT2D eigenvalue weighted by Crippen LogP contribution is -2.03. The zero-order chi connectivity index (χ0) is 9.80. The Kier molecular flexibility index (Phi) is 3.32. The van der Waals surface area contributed by atoms with Gasteiger partial charge in [-0.25, -0.2) is 0 Å². The molecular weight excluding hydrogens is 194 g/mol. The van der Waals surface area contributed by atoms with Crippen LogP contribution in [0.1, 0.15) is 11.1 Å². The molecule has 0 amide bonds. The molecule has 0 aliphatic carbocycles. The van der Waals surface area contributed by atoms with Crippen LogP contribution in [0, 0.1) is 0 Å². The van der Waals surface area contributed by atoms with Gasteiger partial charge in [-0.15, -0.1) is 0 Å². The van der Waals surface area contributed by atoms with E-state index in [9.17, 15) is 0 Å². The van der Waals surface area contributed by atoms with Crippen molar-refractivity contribution in [3.05, 3.63) is 29.3 Å². The van der Waals surface area contributed by atoms with Gasteiger partial charge < -0.3 is 10.1 Å². The third kappa shape index (κ3) is 2.22. The first kappa shape index (κ1) is 9.87. The largest absolute Gasteiger partial charge is 0.384 e. The zero-order valence-corrected chi connectivity index (χ0v) is 9.19. The second-order valence-electron chi connectivity index (χ2n) is 3.40. The van der Waals surface area contributed by atoms with E-state index in [1.807, 2.05) is 11.8 Å². The molecule has 0 bridgehead atoms. The molecule has 0 unspecified atom stereocenters. The summed E-state index contributed by atoms with van der Waals surface area (Å²) >= 11 is 1.86. The number of ether oxygens (including phenoxy) is 1. The zero-order valence-electron chi connectivity index (χ0n) is 8.38. The van der Waals surface area contributed by atoms with Crippen LogP contribution >= 0.6 is 11.8 Å². The normalized spacial score (nSPS) is 14.1. The van der Waals surface area contributed by atoms with Crippen molar-refractivity contribution in [1.29, 1.82) is 0 Å². The monoisotopic (exact) mass is 209 g/mol. The van der Waals surface area contributed by atoms with Crippen LogP contribution in [0.4, 0.5) is 5.69 Å². The van der Waals surface area contributed by atoms with E-state index >= 15 is 0 Å². The summed E-state index contributed by atoms with van der Waals surface area (Å²) in [4.78, 5) is 0. The number of thioether (sulfide) groups is 1. The van der Waals surface area contributed by atoms with E-state index in [4.69, 9.17) is 4.74 Å². The number of fused-ring (bicyclic) bond motifs is 1. The van der Waals surface area contributed by atoms with Gasteiger partial charge in [0, 0.05) is 18.0 Å². The van der Waals surface area contributed by atoms with Crippen LogP contribution in [-0.2, 0) is 18.0 Å². The molecule has 0 saturated heterocycles. The van der Waals surface area contributed by atoms with Crippen LogP contribution in [0.5, 0.6) is 0 Å². The van der Waals surface area contributed by atoms with Gasteiger partial charge in [0.15, 0.2) is 0 Å². The highest BCUT2D eigenvalue weighted by Gasteiger charge is 2.10. The van der Waals surface area contributed by atoms with Crippen molar-refractivity contribution in [2.24, 2.45) is 0 Å². The predicted molar refractivity (Wildman–Crippen MR) is 61.8 cm³/mol. The molecule has 0 atom stereocenters. The van der Waals surface area contributed by atoms with E-state index in [1.54, 1.807) is 0 Å². The maximum absolute atomic E-state index is 5.36. The number of hydrogen-bond acceptors (Lipinski definition) is 3. The smallest absolute Gasteiger partial charge is 0.0725 e. The third-order valence-corrected chi connectivity index (χ3v) is 2.97. The highest BCUT2D eigenvalue weighted by Crippen LogP contribution is 2.22. The summed E-state index contributed by atoms with van der Waals surface area (Å²) in [5.74, 6) is 1.15. The van der Waals surface area contributed by atoms with Crippen molar-refractivity contribution in [2.45, 2.75) is 13.2 Å². The molecule has 14 heavy (non-hydrogen) atoms. The van der Waals surface area contributed by atoms with Crippen molar-refractivity contribution < 1.29 is 4.74 Å². The van der Waals surface area contributed by atoms with Crippen LogP contribution < -0.4 is 5.32 Å². The van der Waals surface area contributed by atoms with E-state index in [0.717, 1.165) is 25.5 Å². The minimum absolute atomic E-state index is 0.771. The van der Waals surface area contributed by atoms with Crippen LogP contribution in [0.2, 0.25) is 0 Å². The minimum Gasteiger partial charge on any atom is -0.384 e. The highest BCUT2D eigenvalue weighted by atomic mass is 32.2. The van der Waals surface area contributed by atoms with Gasteiger partial charge in [0.25, 0.3) is 0 Å². The van der Waals surface area contributed by atoms with Crippen molar-refractivity contribution >= 4 is 17.4 Å². The summed E-state index contributed by atoms with van der Waals surface area (Å²) in [6, 6.07) is 6.49. The highest BCUT2D eigenvalue weighted by molar-refractivity contribution is 7.98. The fourth-order valence-electron chi connectivity index (χ4n) is 1.58. The molecule has 2 rings (SSSR count). The molecule has 1 heterocycles. The van der Waals surface area contributed by atoms with E-state index in [2.05, 4.69) is 29.8 Å². The van der Waals surface area contributed by atoms with Crippen molar-refractivity contribution in [3.63, 3.8) is 0 Å². The molecule has 1 aromatic carbocycles. The summed E-state index contributed by atoms with van der Waals surface area (Å²) in [5.41, 5.74) is 3.88. The number of benzene rings is 1. The lowest BCUT2D eigenvalue weighted by molar-refractivity contribution is 0.134. The molecule has 1 N–H and O–H groups in total. The van der Waals surface area contributed by atoms with Gasteiger partial charge in [-0.1, -0.05) is 6.07 Å². The molecule has 76 valence electrons. The number of hydrogen-bond donors (Lipinski definition) is 1. The van der Waals surface area contributed by atoms with Gasteiger partial charge in [-0.2, -0.15) is 11.8 Å². The molecule has 0 saturated carbocycles. The molecule has 3 heteroatoms. The van der Waals surface area contributed by atoms with Crippen LogP contribution in [0.15, 0.2) is 18.2 Å². The first-order chi connectivity index (χ1) is 6.90. The fourth-order valence-corrected chi connectivity index (χ4v) is 1.89. The Bertz CT molecular complexity index is 314. The summed E-state index contributed by atoms with van der Waals surface area (Å²) < 4.78 is 5.36. The average Bonchev–Trinajstić information content (AvgIpc) is 2.65. The molecule has 0 spiro atoms. The summed E-state index contributed by atoms with van der Waals surface area (Å²) in [5, 5.41) is 3.40. The number of rotatable bonds is 4. The van der Waals surface area contributed by atoms with Crippen LogP contribution in [-0.4, -0.2) is 18.6 Å². The Labute approximate surface area is 89.0 Å². The van der Waals surface area contributed by atoms with Gasteiger partial charge in [-0.05, 0) is 29.5 Å². The maximum Gasteiger partial charge on any atom is 0.0725 e. The Hall–Kier alpha value is -0.670. The fraction of sp³-hybridized carbons (Fsp3) is 0.455. The van der Waals surface area contributed by atoms with Crippen LogP contribution in [0.25, 0.3) is 0 Å². The molecule has 0 aromatic heterocycles. The molecule has 1 aliphatic heterocycles. The maximum atomic E-state index is 5.36. The first-order valence-electron chi connectivity index (χ1n) is 4.82. The summed E-state index contributed by atoms with van der Waals surface area (Å²) in [6.07, 6.45) is 2.12. The average molecular weight is 209 g/mol. The number of anilines is 1. The second kappa shape index (κ2) is 4.71. The molecular formula is C11H15NOS. The van der Waals surface area contributed by atoms with Gasteiger partial charge in [0.05, 0.1) is 13.2 Å². The third-order valence-electron chi connectivity index (χ3n) is 2.36. The van der Waals surface area contributed by atoms with E-state index in [-0.39, 0.29) is 0 Å². The Morgan fingerprint density at radius 1 is 1.36 bits per heavy atom.